The molecule has 0 unspecified atom stereocenters. The minimum absolute atomic E-state index is 0.00439. The molecule has 1 aromatic carbocycles. The molecule has 7 heteroatoms. The normalized spacial score (nSPS) is 23.6. The minimum Gasteiger partial charge on any atom is -0.494 e. The van der Waals surface area contributed by atoms with Crippen LogP contribution >= 0.6 is 0 Å². The molecule has 0 aromatic heterocycles. The van der Waals surface area contributed by atoms with Crippen LogP contribution in [0.2, 0.25) is 0 Å². The molecular weight excluding hydrogens is 285 g/mol. The van der Waals surface area contributed by atoms with Gasteiger partial charge in [-0.25, -0.2) is 17.5 Å². The Labute approximate surface area is 117 Å². The molecule has 0 amide bonds. The van der Waals surface area contributed by atoms with Crippen molar-refractivity contribution in [3.63, 3.8) is 0 Å². The molecule has 5 nitrogen and oxygen atoms in total. The number of hydrogen-bond donors (Lipinski definition) is 2. The quantitative estimate of drug-likeness (QED) is 0.882. The molecule has 1 aliphatic carbocycles. The van der Waals surface area contributed by atoms with Crippen LogP contribution in [0.15, 0.2) is 23.1 Å². The van der Waals surface area contributed by atoms with Crippen LogP contribution in [0, 0.1) is 5.82 Å². The SMILES string of the molecule is COc1ccc(S(=O)(=O)NC2CCC(O)CC2)cc1F. The first kappa shape index (κ1) is 15.2. The Balaban J connectivity index is 2.12. The van der Waals surface area contributed by atoms with Gasteiger partial charge in [0.25, 0.3) is 0 Å². The molecule has 0 bridgehead atoms. The van der Waals surface area contributed by atoms with Crippen LogP contribution in [0.3, 0.4) is 0 Å². The van der Waals surface area contributed by atoms with Gasteiger partial charge in [-0.3, -0.25) is 0 Å². The molecule has 0 radical (unpaired) electrons. The predicted octanol–water partition coefficient (Wildman–Crippen LogP) is 1.42. The highest BCUT2D eigenvalue weighted by molar-refractivity contribution is 7.89. The molecule has 2 rings (SSSR count). The average molecular weight is 303 g/mol. The molecule has 1 aliphatic rings. The van der Waals surface area contributed by atoms with Crippen molar-refractivity contribution in [1.82, 2.24) is 4.72 Å². The van der Waals surface area contributed by atoms with E-state index in [1.165, 1.54) is 19.2 Å². The number of halogens is 1. The summed E-state index contributed by atoms with van der Waals surface area (Å²) in [6.45, 7) is 0. The van der Waals surface area contributed by atoms with Gasteiger partial charge in [0.15, 0.2) is 11.6 Å². The van der Waals surface area contributed by atoms with Gasteiger partial charge in [-0.1, -0.05) is 0 Å². The van der Waals surface area contributed by atoms with Crippen molar-refractivity contribution in [3.05, 3.63) is 24.0 Å². The smallest absolute Gasteiger partial charge is 0.240 e. The second kappa shape index (κ2) is 6.07. The van der Waals surface area contributed by atoms with Gasteiger partial charge >= 0.3 is 0 Å². The zero-order valence-electron chi connectivity index (χ0n) is 11.2. The van der Waals surface area contributed by atoms with E-state index in [0.29, 0.717) is 25.7 Å². The van der Waals surface area contributed by atoms with E-state index in [-0.39, 0.29) is 22.8 Å². The summed E-state index contributed by atoms with van der Waals surface area (Å²) in [7, 11) is -2.43. The molecule has 112 valence electrons. The highest BCUT2D eigenvalue weighted by Crippen LogP contribution is 2.23. The summed E-state index contributed by atoms with van der Waals surface area (Å²) < 4.78 is 45.2. The molecule has 2 N–H and O–H groups in total. The Morgan fingerprint density at radius 2 is 1.95 bits per heavy atom. The van der Waals surface area contributed by atoms with E-state index in [1.807, 2.05) is 0 Å². The lowest BCUT2D eigenvalue weighted by Gasteiger charge is -2.26. The second-order valence-corrected chi connectivity index (χ2v) is 6.64. The van der Waals surface area contributed by atoms with E-state index in [2.05, 4.69) is 4.72 Å². The average Bonchev–Trinajstić information content (AvgIpc) is 2.41. The third-order valence-corrected chi connectivity index (χ3v) is 4.97. The van der Waals surface area contributed by atoms with Gasteiger partial charge in [0, 0.05) is 6.04 Å². The fraction of sp³-hybridized carbons (Fsp3) is 0.538. The Morgan fingerprint density at radius 1 is 1.30 bits per heavy atom. The zero-order chi connectivity index (χ0) is 14.8. The van der Waals surface area contributed by atoms with Gasteiger partial charge < -0.3 is 9.84 Å². The van der Waals surface area contributed by atoms with Crippen molar-refractivity contribution in [2.75, 3.05) is 7.11 Å². The number of methoxy groups -OCH3 is 1. The van der Waals surface area contributed by atoms with Gasteiger partial charge in [-0.15, -0.1) is 0 Å². The summed E-state index contributed by atoms with van der Waals surface area (Å²) in [5, 5.41) is 9.40. The van der Waals surface area contributed by atoms with Crippen LogP contribution < -0.4 is 9.46 Å². The highest BCUT2D eigenvalue weighted by atomic mass is 32.2. The first-order chi connectivity index (χ1) is 9.42. The number of sulfonamides is 1. The van der Waals surface area contributed by atoms with Crippen LogP contribution in [0.25, 0.3) is 0 Å². The van der Waals surface area contributed by atoms with Gasteiger partial charge in [-0.05, 0) is 43.9 Å². The molecule has 1 fully saturated rings. The summed E-state index contributed by atoms with van der Waals surface area (Å²) >= 11 is 0. The number of nitrogens with one attached hydrogen (secondary N) is 1. The fourth-order valence-electron chi connectivity index (χ4n) is 2.30. The summed E-state index contributed by atoms with van der Waals surface area (Å²) in [4.78, 5) is -0.123. The van der Waals surface area contributed by atoms with Crippen LogP contribution in [0.5, 0.6) is 5.75 Å². The lowest BCUT2D eigenvalue weighted by atomic mass is 9.94. The Hall–Kier alpha value is -1.18. The number of hydrogen-bond acceptors (Lipinski definition) is 4. The van der Waals surface area contributed by atoms with Gasteiger partial charge in [0.05, 0.1) is 18.1 Å². The van der Waals surface area contributed by atoms with E-state index in [4.69, 9.17) is 4.74 Å². The molecule has 1 aromatic rings. The van der Waals surface area contributed by atoms with Gasteiger partial charge in [0.2, 0.25) is 10.0 Å². The lowest BCUT2D eigenvalue weighted by Crippen LogP contribution is -2.38. The zero-order valence-corrected chi connectivity index (χ0v) is 12.0. The van der Waals surface area contributed by atoms with E-state index in [9.17, 15) is 17.9 Å². The third-order valence-electron chi connectivity index (χ3n) is 3.45. The van der Waals surface area contributed by atoms with E-state index in [1.54, 1.807) is 0 Å². The van der Waals surface area contributed by atoms with Crippen molar-refractivity contribution in [3.8, 4) is 5.75 Å². The van der Waals surface area contributed by atoms with Crippen molar-refractivity contribution in [2.45, 2.75) is 42.7 Å². The topological polar surface area (TPSA) is 75.6 Å². The van der Waals surface area contributed by atoms with Crippen LogP contribution in [-0.4, -0.2) is 32.8 Å². The summed E-state index contributed by atoms with van der Waals surface area (Å²) in [6.07, 6.45) is 1.96. The Bertz CT molecular complexity index is 568. The summed E-state index contributed by atoms with van der Waals surface area (Å²) in [6, 6.07) is 3.32. The van der Waals surface area contributed by atoms with Crippen LogP contribution in [0.4, 0.5) is 4.39 Å². The molecule has 0 spiro atoms. The maximum absolute atomic E-state index is 13.6. The van der Waals surface area contributed by atoms with E-state index >= 15 is 0 Å². The number of benzene rings is 1. The summed E-state index contributed by atoms with van der Waals surface area (Å²) in [5.74, 6) is -0.709. The number of aliphatic hydroxyl groups is 1. The minimum atomic E-state index is -3.75. The van der Waals surface area contributed by atoms with Crippen molar-refractivity contribution < 1.29 is 22.7 Å². The molecular formula is C13H18FNO4S. The number of aliphatic hydroxyl groups excluding tert-OH is 1. The molecule has 0 saturated heterocycles. The molecule has 1 saturated carbocycles. The summed E-state index contributed by atoms with van der Waals surface area (Å²) in [5.41, 5.74) is 0. The number of ether oxygens (including phenoxy) is 1. The monoisotopic (exact) mass is 303 g/mol. The molecule has 0 aliphatic heterocycles. The van der Waals surface area contributed by atoms with E-state index < -0.39 is 15.8 Å². The van der Waals surface area contributed by atoms with Crippen LogP contribution in [-0.2, 0) is 10.0 Å². The maximum Gasteiger partial charge on any atom is 0.240 e. The Morgan fingerprint density at radius 3 is 2.50 bits per heavy atom. The number of rotatable bonds is 4. The van der Waals surface area contributed by atoms with Gasteiger partial charge in [-0.2, -0.15) is 0 Å². The molecule has 0 heterocycles. The van der Waals surface area contributed by atoms with Crippen molar-refractivity contribution in [1.29, 1.82) is 0 Å². The maximum atomic E-state index is 13.6. The third kappa shape index (κ3) is 3.47. The van der Waals surface area contributed by atoms with Crippen LogP contribution in [0.1, 0.15) is 25.7 Å². The second-order valence-electron chi connectivity index (χ2n) is 4.92. The van der Waals surface area contributed by atoms with Crippen molar-refractivity contribution >= 4 is 10.0 Å². The first-order valence-electron chi connectivity index (χ1n) is 6.46. The van der Waals surface area contributed by atoms with Crippen molar-refractivity contribution in [2.24, 2.45) is 0 Å². The first-order valence-corrected chi connectivity index (χ1v) is 7.94. The Kier molecular flexibility index (Phi) is 4.62. The van der Waals surface area contributed by atoms with E-state index in [0.717, 1.165) is 6.07 Å². The van der Waals surface area contributed by atoms with Gasteiger partial charge in [0.1, 0.15) is 0 Å². The highest BCUT2D eigenvalue weighted by Gasteiger charge is 2.25. The molecule has 0 atom stereocenters. The largest absolute Gasteiger partial charge is 0.494 e. The molecule has 20 heavy (non-hydrogen) atoms. The predicted molar refractivity (Wildman–Crippen MR) is 71.5 cm³/mol. The lowest BCUT2D eigenvalue weighted by molar-refractivity contribution is 0.120. The standard InChI is InChI=1S/C13H18FNO4S/c1-19-13-7-6-11(8-12(13)14)20(17,18)15-9-2-4-10(16)5-3-9/h6-10,15-16H,2-5H2,1H3. The fourth-order valence-corrected chi connectivity index (χ4v) is 3.61.